The van der Waals surface area contributed by atoms with Crippen molar-refractivity contribution < 1.29 is 42.4 Å². The van der Waals surface area contributed by atoms with E-state index in [1.54, 1.807) is 25.1 Å². The molecule has 1 unspecified atom stereocenters. The van der Waals surface area contributed by atoms with E-state index in [4.69, 9.17) is 37.4 Å². The predicted molar refractivity (Wildman–Crippen MR) is 139 cm³/mol. The molecule has 3 aromatic rings. The standard InChI is InChI=1S/C25H24Cl2F3N3O6S/c1-2-37-21(35)11-38-24-14(8-33-9-19(31-32-33)12-5-17(28)22(30)18(29)6-12)23(36)20(10-34)39-25(24)40-13-3-4-15(26)16(27)7-13/h3-7,9,14,20,23-25,34,36H,2,8,10-11H2,1H3/t14?,20-,23-,24-,25-/m1/s1. The van der Waals surface area contributed by atoms with Crippen molar-refractivity contribution >= 4 is 40.9 Å². The van der Waals surface area contributed by atoms with E-state index in [9.17, 15) is 28.2 Å². The molecular weight excluding hydrogens is 598 g/mol. The average molecular weight is 622 g/mol. The molecule has 1 aromatic heterocycles. The lowest BCUT2D eigenvalue weighted by Gasteiger charge is -2.44. The first kappa shape index (κ1) is 30.6. The number of rotatable bonds is 10. The molecule has 4 rings (SSSR count). The second-order valence-electron chi connectivity index (χ2n) is 8.73. The third-order valence-corrected chi connectivity index (χ3v) is 7.93. The van der Waals surface area contributed by atoms with Crippen molar-refractivity contribution in [2.45, 2.75) is 42.1 Å². The molecule has 0 radical (unpaired) electrons. The van der Waals surface area contributed by atoms with Gasteiger partial charge in [0.1, 0.15) is 29.9 Å². The van der Waals surface area contributed by atoms with Crippen molar-refractivity contribution in [1.82, 2.24) is 15.0 Å². The Morgan fingerprint density at radius 2 is 1.90 bits per heavy atom. The number of halogens is 5. The summed E-state index contributed by atoms with van der Waals surface area (Å²) >= 11 is 13.4. The summed E-state index contributed by atoms with van der Waals surface area (Å²) in [4.78, 5) is 12.7. The maximum Gasteiger partial charge on any atom is 0.332 e. The molecule has 1 fully saturated rings. The number of ether oxygens (including phenoxy) is 3. The Bertz CT molecular complexity index is 1330. The highest BCUT2D eigenvalue weighted by Gasteiger charge is 2.46. The summed E-state index contributed by atoms with van der Waals surface area (Å²) in [7, 11) is 0. The zero-order chi connectivity index (χ0) is 29.0. The first-order chi connectivity index (χ1) is 19.1. The van der Waals surface area contributed by atoms with Crippen LogP contribution in [0.25, 0.3) is 11.3 Å². The van der Waals surface area contributed by atoms with Crippen molar-refractivity contribution in [3.8, 4) is 11.3 Å². The molecule has 0 spiro atoms. The van der Waals surface area contributed by atoms with Crippen LogP contribution in [0.1, 0.15) is 6.92 Å². The highest BCUT2D eigenvalue weighted by Crippen LogP contribution is 2.40. The number of esters is 1. The van der Waals surface area contributed by atoms with Crippen molar-refractivity contribution in [1.29, 1.82) is 0 Å². The molecule has 0 bridgehead atoms. The van der Waals surface area contributed by atoms with Crippen LogP contribution in [0.2, 0.25) is 10.0 Å². The SMILES string of the molecule is CCOC(=O)CO[C@@H]1C(Cn2cc(-c3cc(F)c(F)c(F)c3)nn2)[C@@H](O)[C@@H](CO)O[C@@H]1Sc1ccc(Cl)c(Cl)c1. The highest BCUT2D eigenvalue weighted by molar-refractivity contribution is 7.99. The lowest BCUT2D eigenvalue weighted by atomic mass is 9.89. The summed E-state index contributed by atoms with van der Waals surface area (Å²) in [5, 5.41) is 29.5. The van der Waals surface area contributed by atoms with Gasteiger partial charge in [0.25, 0.3) is 0 Å². The smallest absolute Gasteiger partial charge is 0.332 e. The highest BCUT2D eigenvalue weighted by atomic mass is 35.5. The molecule has 0 saturated carbocycles. The van der Waals surface area contributed by atoms with E-state index in [2.05, 4.69) is 10.3 Å². The molecule has 5 atom stereocenters. The zero-order valence-electron chi connectivity index (χ0n) is 20.8. The van der Waals surface area contributed by atoms with Crippen LogP contribution in [0.4, 0.5) is 13.2 Å². The van der Waals surface area contributed by atoms with Crippen molar-refractivity contribution in [3.63, 3.8) is 0 Å². The summed E-state index contributed by atoms with van der Waals surface area (Å²) in [6, 6.07) is 6.47. The summed E-state index contributed by atoms with van der Waals surface area (Å²) in [6.07, 6.45) is -1.91. The van der Waals surface area contributed by atoms with Gasteiger partial charge in [-0.3, -0.25) is 4.68 Å². The second-order valence-corrected chi connectivity index (χ2v) is 10.7. The summed E-state index contributed by atoms with van der Waals surface area (Å²) in [5.74, 6) is -5.84. The summed E-state index contributed by atoms with van der Waals surface area (Å²) in [5.41, 5.74) is -0.851. The Morgan fingerprint density at radius 3 is 2.55 bits per heavy atom. The fourth-order valence-electron chi connectivity index (χ4n) is 4.15. The van der Waals surface area contributed by atoms with E-state index >= 15 is 0 Å². The van der Waals surface area contributed by atoms with Crippen molar-refractivity contribution in [3.05, 3.63) is 64.0 Å². The molecule has 40 heavy (non-hydrogen) atoms. The maximum atomic E-state index is 13.8. The third kappa shape index (κ3) is 7.08. The number of aliphatic hydroxyl groups is 2. The van der Waals surface area contributed by atoms with Crippen LogP contribution >= 0.6 is 35.0 Å². The van der Waals surface area contributed by atoms with Gasteiger partial charge in [0.05, 0.1) is 42.1 Å². The molecule has 1 saturated heterocycles. The molecule has 2 heterocycles. The molecule has 0 amide bonds. The minimum absolute atomic E-state index is 0.0452. The largest absolute Gasteiger partial charge is 0.464 e. The number of thioether (sulfide) groups is 1. The van der Waals surface area contributed by atoms with Gasteiger partial charge in [-0.2, -0.15) is 0 Å². The Kier molecular flexibility index (Phi) is 10.3. The van der Waals surface area contributed by atoms with Gasteiger partial charge in [-0.25, -0.2) is 18.0 Å². The van der Waals surface area contributed by atoms with Gasteiger partial charge in [-0.05, 0) is 37.3 Å². The van der Waals surface area contributed by atoms with Crippen molar-refractivity contribution in [2.75, 3.05) is 19.8 Å². The van der Waals surface area contributed by atoms with Crippen LogP contribution in [0.3, 0.4) is 0 Å². The number of aromatic nitrogens is 3. The van der Waals surface area contributed by atoms with E-state index < -0.39 is 66.3 Å². The number of hydrogen-bond donors (Lipinski definition) is 2. The number of aliphatic hydroxyl groups excluding tert-OH is 2. The Morgan fingerprint density at radius 1 is 1.18 bits per heavy atom. The van der Waals surface area contributed by atoms with Gasteiger partial charge < -0.3 is 24.4 Å². The number of hydrogen-bond acceptors (Lipinski definition) is 9. The van der Waals surface area contributed by atoms with E-state index in [0.717, 1.165) is 12.1 Å². The second kappa shape index (κ2) is 13.5. The first-order valence-electron chi connectivity index (χ1n) is 12.0. The topological polar surface area (TPSA) is 116 Å². The summed E-state index contributed by atoms with van der Waals surface area (Å²) in [6.45, 7) is 0.730. The van der Waals surface area contributed by atoms with Gasteiger partial charge in [0.15, 0.2) is 17.5 Å². The molecule has 2 aromatic carbocycles. The van der Waals surface area contributed by atoms with E-state index in [1.807, 2.05) is 0 Å². The minimum atomic E-state index is -1.61. The Balaban J connectivity index is 1.63. The van der Waals surface area contributed by atoms with Crippen LogP contribution in [-0.2, 0) is 25.5 Å². The lowest BCUT2D eigenvalue weighted by molar-refractivity contribution is -0.203. The molecule has 1 aliphatic rings. The quantitative estimate of drug-likeness (QED) is 0.255. The average Bonchev–Trinajstić information content (AvgIpc) is 3.39. The minimum Gasteiger partial charge on any atom is -0.464 e. The molecule has 15 heteroatoms. The van der Waals surface area contributed by atoms with E-state index in [1.165, 1.54) is 22.6 Å². The Labute approximate surface area is 241 Å². The fourth-order valence-corrected chi connectivity index (χ4v) is 5.73. The Hall–Kier alpha value is -2.39. The predicted octanol–water partition coefficient (Wildman–Crippen LogP) is 4.10. The van der Waals surface area contributed by atoms with Crippen LogP contribution < -0.4 is 0 Å². The zero-order valence-corrected chi connectivity index (χ0v) is 23.2. The maximum absolute atomic E-state index is 13.8. The first-order valence-corrected chi connectivity index (χ1v) is 13.6. The van der Waals surface area contributed by atoms with Crippen LogP contribution in [0.5, 0.6) is 0 Å². The molecule has 0 aliphatic carbocycles. The van der Waals surface area contributed by atoms with Crippen molar-refractivity contribution in [2.24, 2.45) is 5.92 Å². The molecular formula is C25H24Cl2F3N3O6S. The lowest BCUT2D eigenvalue weighted by Crippen LogP contribution is -2.56. The van der Waals surface area contributed by atoms with Gasteiger partial charge >= 0.3 is 5.97 Å². The van der Waals surface area contributed by atoms with Gasteiger partial charge in [-0.1, -0.05) is 40.2 Å². The van der Waals surface area contributed by atoms with Crippen LogP contribution in [0.15, 0.2) is 41.4 Å². The van der Waals surface area contributed by atoms with E-state index in [0.29, 0.717) is 14.9 Å². The van der Waals surface area contributed by atoms with Gasteiger partial charge in [0, 0.05) is 16.4 Å². The third-order valence-electron chi connectivity index (χ3n) is 6.06. The number of carbonyl (C=O) groups excluding carboxylic acids is 1. The van der Waals surface area contributed by atoms with E-state index in [-0.39, 0.29) is 24.4 Å². The fraction of sp³-hybridized carbons (Fsp3) is 0.400. The number of nitrogens with zero attached hydrogens (tertiary/aromatic N) is 3. The number of carbonyl (C=O) groups is 1. The summed E-state index contributed by atoms with van der Waals surface area (Å²) < 4.78 is 59.0. The monoisotopic (exact) mass is 621 g/mol. The number of benzene rings is 2. The molecule has 216 valence electrons. The van der Waals surface area contributed by atoms with Crippen LogP contribution in [-0.4, -0.2) is 74.7 Å². The van der Waals surface area contributed by atoms with Gasteiger partial charge in [0.2, 0.25) is 0 Å². The van der Waals surface area contributed by atoms with Gasteiger partial charge in [-0.15, -0.1) is 5.10 Å². The molecule has 1 aliphatic heterocycles. The normalized spacial score (nSPS) is 22.9. The molecule has 9 nitrogen and oxygen atoms in total. The van der Waals surface area contributed by atoms with Crippen LogP contribution in [0, 0.1) is 23.4 Å². The molecule has 2 N–H and O–H groups in total.